The van der Waals surface area contributed by atoms with Crippen LogP contribution >= 0.6 is 11.6 Å². The van der Waals surface area contributed by atoms with E-state index in [9.17, 15) is 0 Å². The molecule has 0 fully saturated rings. The highest BCUT2D eigenvalue weighted by Crippen LogP contribution is 2.27. The number of anilines is 1. The molecular formula is C16H27ClN2. The molecule has 0 saturated heterocycles. The number of hydrogen-bond donors (Lipinski definition) is 1. The molecule has 0 aliphatic carbocycles. The number of hydrogen-bond acceptors (Lipinski definition) is 2. The topological polar surface area (TPSA) is 15.3 Å². The Morgan fingerprint density at radius 3 is 2.53 bits per heavy atom. The minimum Gasteiger partial charge on any atom is -0.371 e. The molecule has 0 aromatic heterocycles. The number of nitrogens with zero attached hydrogens (tertiary/aromatic N) is 1. The van der Waals surface area contributed by atoms with Crippen LogP contribution in [0.25, 0.3) is 0 Å². The van der Waals surface area contributed by atoms with Crippen LogP contribution in [0.5, 0.6) is 0 Å². The molecule has 0 spiro atoms. The molecule has 0 bridgehead atoms. The molecule has 0 aliphatic heterocycles. The predicted octanol–water partition coefficient (Wildman–Crippen LogP) is 4.46. The van der Waals surface area contributed by atoms with Crippen LogP contribution in [-0.4, -0.2) is 19.1 Å². The van der Waals surface area contributed by atoms with Gasteiger partial charge >= 0.3 is 0 Å². The lowest BCUT2D eigenvalue weighted by atomic mass is 10.1. The number of nitrogens with one attached hydrogen (secondary N) is 1. The fourth-order valence-electron chi connectivity index (χ4n) is 2.04. The molecule has 0 heterocycles. The van der Waals surface area contributed by atoms with E-state index in [0.29, 0.717) is 6.04 Å². The minimum absolute atomic E-state index is 0.496. The van der Waals surface area contributed by atoms with E-state index >= 15 is 0 Å². The van der Waals surface area contributed by atoms with E-state index < -0.39 is 0 Å². The standard InChI is InChI=1S/C16H27ClN2/c1-5-7-10-19(6-2)16-9-8-14(11-15(16)17)12-18-13(3)4/h8-9,11,13,18H,5-7,10,12H2,1-4H3. The average molecular weight is 283 g/mol. The SMILES string of the molecule is CCCCN(CC)c1ccc(CNC(C)C)cc1Cl. The highest BCUT2D eigenvalue weighted by Gasteiger charge is 2.09. The molecule has 0 aliphatic rings. The van der Waals surface area contributed by atoms with Crippen molar-refractivity contribution in [3.63, 3.8) is 0 Å². The van der Waals surface area contributed by atoms with E-state index in [1.807, 2.05) is 0 Å². The summed E-state index contributed by atoms with van der Waals surface area (Å²) in [5.74, 6) is 0. The number of halogens is 1. The Labute approximate surface area is 123 Å². The van der Waals surface area contributed by atoms with Crippen LogP contribution in [-0.2, 0) is 6.54 Å². The third-order valence-corrected chi connectivity index (χ3v) is 3.53. The lowest BCUT2D eigenvalue weighted by molar-refractivity contribution is 0.589. The van der Waals surface area contributed by atoms with Crippen molar-refractivity contribution in [3.8, 4) is 0 Å². The van der Waals surface area contributed by atoms with Crippen molar-refractivity contribution in [2.45, 2.75) is 53.1 Å². The summed E-state index contributed by atoms with van der Waals surface area (Å²) in [6.45, 7) is 11.7. The van der Waals surface area contributed by atoms with Crippen LogP contribution in [0.2, 0.25) is 5.02 Å². The van der Waals surface area contributed by atoms with Gasteiger partial charge in [0.1, 0.15) is 0 Å². The van der Waals surface area contributed by atoms with Crippen LogP contribution in [0.15, 0.2) is 18.2 Å². The number of unbranched alkanes of at least 4 members (excludes halogenated alkanes) is 1. The molecule has 1 N–H and O–H groups in total. The van der Waals surface area contributed by atoms with Crippen molar-refractivity contribution in [1.29, 1.82) is 0 Å². The maximum Gasteiger partial charge on any atom is 0.0642 e. The number of benzene rings is 1. The summed E-state index contributed by atoms with van der Waals surface area (Å²) >= 11 is 6.43. The fourth-order valence-corrected chi connectivity index (χ4v) is 2.36. The summed E-state index contributed by atoms with van der Waals surface area (Å²) in [7, 11) is 0. The van der Waals surface area contributed by atoms with Gasteiger partial charge in [-0.25, -0.2) is 0 Å². The summed E-state index contributed by atoms with van der Waals surface area (Å²) in [5, 5.41) is 4.28. The first-order valence-corrected chi connectivity index (χ1v) is 7.73. The van der Waals surface area contributed by atoms with Crippen molar-refractivity contribution >= 4 is 17.3 Å². The average Bonchev–Trinajstić information content (AvgIpc) is 2.39. The molecule has 0 radical (unpaired) electrons. The zero-order valence-corrected chi connectivity index (χ0v) is 13.4. The zero-order valence-electron chi connectivity index (χ0n) is 12.7. The van der Waals surface area contributed by atoms with Gasteiger partial charge in [-0.05, 0) is 31.0 Å². The highest BCUT2D eigenvalue weighted by molar-refractivity contribution is 6.33. The first-order valence-electron chi connectivity index (χ1n) is 7.35. The minimum atomic E-state index is 0.496. The van der Waals surface area contributed by atoms with E-state index in [2.05, 4.69) is 56.1 Å². The predicted molar refractivity (Wildman–Crippen MR) is 86.2 cm³/mol. The van der Waals surface area contributed by atoms with Crippen molar-refractivity contribution in [2.75, 3.05) is 18.0 Å². The summed E-state index contributed by atoms with van der Waals surface area (Å²) in [4.78, 5) is 2.35. The van der Waals surface area contributed by atoms with Gasteiger partial charge in [0.2, 0.25) is 0 Å². The van der Waals surface area contributed by atoms with E-state index in [-0.39, 0.29) is 0 Å². The lowest BCUT2D eigenvalue weighted by Crippen LogP contribution is -2.24. The van der Waals surface area contributed by atoms with Crippen LogP contribution < -0.4 is 10.2 Å². The molecule has 2 nitrogen and oxygen atoms in total. The largest absolute Gasteiger partial charge is 0.371 e. The van der Waals surface area contributed by atoms with Gasteiger partial charge in [-0.2, -0.15) is 0 Å². The molecule has 0 unspecified atom stereocenters. The fraction of sp³-hybridized carbons (Fsp3) is 0.625. The van der Waals surface area contributed by atoms with E-state index in [4.69, 9.17) is 11.6 Å². The van der Waals surface area contributed by atoms with Gasteiger partial charge in [0.25, 0.3) is 0 Å². The van der Waals surface area contributed by atoms with Gasteiger partial charge < -0.3 is 10.2 Å². The molecule has 1 aromatic carbocycles. The Morgan fingerprint density at radius 2 is 2.00 bits per heavy atom. The van der Waals surface area contributed by atoms with Crippen LogP contribution in [0, 0.1) is 0 Å². The summed E-state index contributed by atoms with van der Waals surface area (Å²) in [6, 6.07) is 6.90. The van der Waals surface area contributed by atoms with Crippen molar-refractivity contribution in [2.24, 2.45) is 0 Å². The van der Waals surface area contributed by atoms with Crippen molar-refractivity contribution in [3.05, 3.63) is 28.8 Å². The van der Waals surface area contributed by atoms with Crippen LogP contribution in [0.4, 0.5) is 5.69 Å². The molecule has 1 rings (SSSR count). The Kier molecular flexibility index (Phi) is 7.25. The van der Waals surface area contributed by atoms with Crippen molar-refractivity contribution < 1.29 is 0 Å². The Balaban J connectivity index is 2.74. The molecule has 3 heteroatoms. The second-order valence-electron chi connectivity index (χ2n) is 5.25. The number of rotatable bonds is 8. The molecule has 108 valence electrons. The Morgan fingerprint density at radius 1 is 1.26 bits per heavy atom. The second kappa shape index (κ2) is 8.44. The maximum atomic E-state index is 6.43. The van der Waals surface area contributed by atoms with Gasteiger partial charge in [0.15, 0.2) is 0 Å². The molecule has 0 amide bonds. The Bertz CT molecular complexity index is 377. The maximum absolute atomic E-state index is 6.43. The lowest BCUT2D eigenvalue weighted by Gasteiger charge is -2.24. The monoisotopic (exact) mass is 282 g/mol. The molecular weight excluding hydrogens is 256 g/mol. The summed E-state index contributed by atoms with van der Waals surface area (Å²) in [5.41, 5.74) is 2.40. The first-order chi connectivity index (χ1) is 9.08. The molecule has 0 atom stereocenters. The zero-order chi connectivity index (χ0) is 14.3. The highest BCUT2D eigenvalue weighted by atomic mass is 35.5. The van der Waals surface area contributed by atoms with E-state index in [0.717, 1.165) is 30.3 Å². The summed E-state index contributed by atoms with van der Waals surface area (Å²) in [6.07, 6.45) is 2.42. The molecule has 1 aromatic rings. The van der Waals surface area contributed by atoms with Gasteiger partial charge in [0.05, 0.1) is 10.7 Å². The van der Waals surface area contributed by atoms with E-state index in [1.54, 1.807) is 0 Å². The van der Waals surface area contributed by atoms with E-state index in [1.165, 1.54) is 18.4 Å². The summed E-state index contributed by atoms with van der Waals surface area (Å²) < 4.78 is 0. The van der Waals surface area contributed by atoms with Crippen LogP contribution in [0.1, 0.15) is 46.1 Å². The smallest absolute Gasteiger partial charge is 0.0642 e. The first kappa shape index (κ1) is 16.3. The molecule has 0 saturated carbocycles. The Hall–Kier alpha value is -0.730. The van der Waals surface area contributed by atoms with Crippen molar-refractivity contribution in [1.82, 2.24) is 5.32 Å². The second-order valence-corrected chi connectivity index (χ2v) is 5.66. The third kappa shape index (κ3) is 5.42. The molecule has 19 heavy (non-hydrogen) atoms. The quantitative estimate of drug-likeness (QED) is 0.757. The van der Waals surface area contributed by atoms with Gasteiger partial charge in [-0.15, -0.1) is 0 Å². The van der Waals surface area contributed by atoms with Gasteiger partial charge in [-0.1, -0.05) is 44.9 Å². The third-order valence-electron chi connectivity index (χ3n) is 3.23. The van der Waals surface area contributed by atoms with Gasteiger partial charge in [0, 0.05) is 25.7 Å². The van der Waals surface area contributed by atoms with Gasteiger partial charge in [-0.3, -0.25) is 0 Å². The normalized spacial score (nSPS) is 11.1. The van der Waals surface area contributed by atoms with Crippen LogP contribution in [0.3, 0.4) is 0 Å².